The van der Waals surface area contributed by atoms with Gasteiger partial charge in [-0.25, -0.2) is 4.79 Å². The summed E-state index contributed by atoms with van der Waals surface area (Å²) in [5, 5.41) is 20.5. The lowest BCUT2D eigenvalue weighted by Crippen LogP contribution is -2.68. The Kier molecular flexibility index (Phi) is 4.15. The van der Waals surface area contributed by atoms with Gasteiger partial charge in [-0.2, -0.15) is 0 Å². The van der Waals surface area contributed by atoms with Gasteiger partial charge in [0.05, 0.1) is 11.3 Å². The molecule has 1 fully saturated rings. The van der Waals surface area contributed by atoms with Crippen LogP contribution in [0.25, 0.3) is 0 Å². The molecular weight excluding hydrogens is 334 g/mol. The second-order valence-electron chi connectivity index (χ2n) is 4.23. The monoisotopic (exact) mass is 345 g/mol. The maximum Gasteiger partial charge on any atom is 0.353 e. The topological polar surface area (TPSA) is 125 Å². The molecule has 11 heteroatoms. The summed E-state index contributed by atoms with van der Waals surface area (Å²) in [7, 11) is 0. The molecule has 3 heterocycles. The molecule has 0 unspecified atom stereocenters. The fourth-order valence-electron chi connectivity index (χ4n) is 2.02. The highest BCUT2D eigenvalue weighted by molar-refractivity contribution is 8.18. The molecule has 3 rings (SSSR count). The summed E-state index contributed by atoms with van der Waals surface area (Å²) in [5.74, 6) is -0.866. The molecule has 1 aromatic rings. The molecule has 2 atom stereocenters. The summed E-state index contributed by atoms with van der Waals surface area (Å²) < 4.78 is 0. The van der Waals surface area contributed by atoms with Crippen molar-refractivity contribution in [1.82, 2.24) is 20.3 Å². The smallest absolute Gasteiger partial charge is 0.353 e. The van der Waals surface area contributed by atoms with Gasteiger partial charge in [0.2, 0.25) is 5.91 Å². The van der Waals surface area contributed by atoms with E-state index in [0.717, 1.165) is 5.03 Å². The van der Waals surface area contributed by atoms with E-state index in [1.165, 1.54) is 40.2 Å². The molecule has 1 saturated heterocycles. The number of carboxylic acid groups (broad SMARTS) is 1. The van der Waals surface area contributed by atoms with Crippen molar-refractivity contribution in [2.45, 2.75) is 16.4 Å². The molecule has 2 aliphatic rings. The van der Waals surface area contributed by atoms with E-state index in [2.05, 4.69) is 15.4 Å². The van der Waals surface area contributed by atoms with Gasteiger partial charge in [0.15, 0.2) is 0 Å². The summed E-state index contributed by atoms with van der Waals surface area (Å²) in [6, 6.07) is -0.597. The van der Waals surface area contributed by atoms with E-state index in [4.69, 9.17) is 5.73 Å². The van der Waals surface area contributed by atoms with E-state index in [9.17, 15) is 14.7 Å². The van der Waals surface area contributed by atoms with Gasteiger partial charge in [-0.05, 0) is 0 Å². The number of thioether (sulfide) groups is 3. The number of hydrogen-bond donors (Lipinski definition) is 3. The first-order valence-electron chi connectivity index (χ1n) is 5.88. The minimum atomic E-state index is -1.09. The van der Waals surface area contributed by atoms with Crippen molar-refractivity contribution >= 4 is 47.2 Å². The van der Waals surface area contributed by atoms with E-state index < -0.39 is 12.0 Å². The molecule has 0 aromatic carbocycles. The molecule has 1 amide bonds. The van der Waals surface area contributed by atoms with Gasteiger partial charge in [0.25, 0.3) is 0 Å². The average Bonchev–Trinajstić information content (AvgIpc) is 2.98. The number of β-lactam (4-membered cyclic amide) rings is 1. The molecule has 112 valence electrons. The van der Waals surface area contributed by atoms with Gasteiger partial charge in [-0.3, -0.25) is 14.8 Å². The molecule has 0 bridgehead atoms. The van der Waals surface area contributed by atoms with Crippen LogP contribution in [0.5, 0.6) is 0 Å². The number of carbonyl (C=O) groups excluding carboxylic acids is 1. The third kappa shape index (κ3) is 2.65. The van der Waals surface area contributed by atoms with Crippen LogP contribution in [0.2, 0.25) is 0 Å². The standard InChI is InChI=1S/C10H11N5O3S3/c11-6-8(16)15-7(10(17)18)4(2-19-9(6)15)20-3-21-5-1-12-14-13-5/h1,6,9H,2-3,11H2,(H,17,18)(H,12,13,14)/t6-,9+/m1/s1. The molecule has 8 nitrogen and oxygen atoms in total. The van der Waals surface area contributed by atoms with E-state index in [-0.39, 0.29) is 17.0 Å². The van der Waals surface area contributed by atoms with Crippen molar-refractivity contribution in [2.24, 2.45) is 5.73 Å². The van der Waals surface area contributed by atoms with E-state index in [0.29, 0.717) is 15.7 Å². The van der Waals surface area contributed by atoms with Crippen LogP contribution in [-0.4, -0.2) is 59.5 Å². The SMILES string of the molecule is N[C@@H]1C(=O)N2C(C(=O)O)=C(SCSc3c[nH]nn3)CS[C@@H]12. The van der Waals surface area contributed by atoms with Crippen LogP contribution in [0.4, 0.5) is 0 Å². The molecule has 1 aromatic heterocycles. The number of aromatic amines is 1. The summed E-state index contributed by atoms with van der Waals surface area (Å²) >= 11 is 4.35. The van der Waals surface area contributed by atoms with Gasteiger partial charge in [-0.1, -0.05) is 17.0 Å². The minimum absolute atomic E-state index is 0.0659. The Morgan fingerprint density at radius 2 is 2.43 bits per heavy atom. The number of rotatable bonds is 5. The molecule has 0 aliphatic carbocycles. The summed E-state index contributed by atoms with van der Waals surface area (Å²) in [6.07, 6.45) is 1.67. The highest BCUT2D eigenvalue weighted by Gasteiger charge is 2.51. The molecule has 0 spiro atoms. The maximum atomic E-state index is 11.8. The normalized spacial score (nSPS) is 24.8. The number of carbonyl (C=O) groups is 2. The highest BCUT2D eigenvalue weighted by Crippen LogP contribution is 2.43. The second kappa shape index (κ2) is 5.91. The van der Waals surface area contributed by atoms with Crippen LogP contribution in [0.1, 0.15) is 0 Å². The zero-order valence-electron chi connectivity index (χ0n) is 10.6. The number of nitrogens with zero attached hydrogens (tertiary/aromatic N) is 3. The van der Waals surface area contributed by atoms with E-state index >= 15 is 0 Å². The Morgan fingerprint density at radius 1 is 1.62 bits per heavy atom. The zero-order valence-corrected chi connectivity index (χ0v) is 13.0. The molecule has 21 heavy (non-hydrogen) atoms. The number of nitrogens with one attached hydrogen (secondary N) is 1. The van der Waals surface area contributed by atoms with Crippen molar-refractivity contribution in [3.8, 4) is 0 Å². The largest absolute Gasteiger partial charge is 0.477 e. The van der Waals surface area contributed by atoms with Gasteiger partial charge in [0.1, 0.15) is 22.1 Å². The summed E-state index contributed by atoms with van der Waals surface area (Å²) in [6.45, 7) is 0. The first-order chi connectivity index (χ1) is 10.1. The highest BCUT2D eigenvalue weighted by atomic mass is 32.2. The molecular formula is C10H11N5O3S3. The Labute approximate surface area is 132 Å². The summed E-state index contributed by atoms with van der Waals surface area (Å²) in [5.41, 5.74) is 5.76. The molecule has 0 radical (unpaired) electrons. The lowest BCUT2D eigenvalue weighted by atomic mass is 10.1. The minimum Gasteiger partial charge on any atom is -0.477 e. The van der Waals surface area contributed by atoms with E-state index in [1.54, 1.807) is 6.20 Å². The third-order valence-corrected chi connectivity index (χ3v) is 6.62. The van der Waals surface area contributed by atoms with Crippen LogP contribution in [0, 0.1) is 0 Å². The Bertz CT molecular complexity index is 605. The first-order valence-corrected chi connectivity index (χ1v) is 8.90. The zero-order chi connectivity index (χ0) is 15.0. The Hall–Kier alpha value is -1.17. The Morgan fingerprint density at radius 3 is 3.10 bits per heavy atom. The number of aromatic nitrogens is 3. The number of fused-ring (bicyclic) bond motifs is 1. The molecule has 2 aliphatic heterocycles. The fraction of sp³-hybridized carbons (Fsp3) is 0.400. The second-order valence-corrected chi connectivity index (χ2v) is 7.77. The van der Waals surface area contributed by atoms with E-state index in [1.807, 2.05) is 0 Å². The fourth-order valence-corrected chi connectivity index (χ4v) is 5.54. The first kappa shape index (κ1) is 14.8. The number of hydrogen-bond acceptors (Lipinski definition) is 8. The van der Waals surface area contributed by atoms with Crippen LogP contribution < -0.4 is 5.73 Å². The van der Waals surface area contributed by atoms with Gasteiger partial charge in [0, 0.05) is 10.7 Å². The number of amides is 1. The van der Waals surface area contributed by atoms with Gasteiger partial charge < -0.3 is 10.8 Å². The number of H-pyrrole nitrogens is 1. The van der Waals surface area contributed by atoms with Crippen LogP contribution >= 0.6 is 35.3 Å². The van der Waals surface area contributed by atoms with Crippen molar-refractivity contribution in [1.29, 1.82) is 0 Å². The number of nitrogens with two attached hydrogens (primary N) is 1. The predicted octanol–water partition coefficient (Wildman–Crippen LogP) is 0.126. The van der Waals surface area contributed by atoms with Gasteiger partial charge in [-0.15, -0.1) is 28.6 Å². The van der Waals surface area contributed by atoms with Crippen LogP contribution in [0.3, 0.4) is 0 Å². The number of carboxylic acids is 1. The maximum absolute atomic E-state index is 11.8. The summed E-state index contributed by atoms with van der Waals surface area (Å²) in [4.78, 5) is 25.2. The number of aliphatic carboxylic acids is 1. The lowest BCUT2D eigenvalue weighted by Gasteiger charge is -2.47. The van der Waals surface area contributed by atoms with Crippen molar-refractivity contribution in [3.05, 3.63) is 16.8 Å². The van der Waals surface area contributed by atoms with Crippen LogP contribution in [-0.2, 0) is 9.59 Å². The quantitative estimate of drug-likeness (QED) is 0.388. The third-order valence-electron chi connectivity index (χ3n) is 3.01. The van der Waals surface area contributed by atoms with Crippen molar-refractivity contribution < 1.29 is 14.7 Å². The molecule has 4 N–H and O–H groups in total. The predicted molar refractivity (Wildman–Crippen MR) is 80.4 cm³/mol. The van der Waals surface area contributed by atoms with Crippen LogP contribution in [0.15, 0.2) is 21.8 Å². The molecule has 0 saturated carbocycles. The van der Waals surface area contributed by atoms with Gasteiger partial charge >= 0.3 is 5.97 Å². The van der Waals surface area contributed by atoms with Crippen molar-refractivity contribution in [3.63, 3.8) is 0 Å². The Balaban J connectivity index is 1.72. The lowest BCUT2D eigenvalue weighted by molar-refractivity contribution is -0.147. The van der Waals surface area contributed by atoms with Crippen molar-refractivity contribution in [2.75, 3.05) is 10.8 Å². The average molecular weight is 345 g/mol.